The lowest BCUT2D eigenvalue weighted by molar-refractivity contribution is -0.872. The van der Waals surface area contributed by atoms with Crippen molar-refractivity contribution in [1.82, 2.24) is 0 Å². The first kappa shape index (κ1) is 12.9. The second-order valence-corrected chi connectivity index (χ2v) is 4.20. The van der Waals surface area contributed by atoms with Gasteiger partial charge in [0.05, 0.1) is 21.1 Å². The molecule has 0 radical (unpaired) electrons. The van der Waals surface area contributed by atoms with Gasteiger partial charge in [0.25, 0.3) is 0 Å². The van der Waals surface area contributed by atoms with E-state index in [1.165, 1.54) is 0 Å². The van der Waals surface area contributed by atoms with E-state index >= 15 is 0 Å². The lowest BCUT2D eigenvalue weighted by Gasteiger charge is -2.25. The molecule has 5 N–H and O–H groups in total. The second-order valence-electron chi connectivity index (χ2n) is 4.20. The van der Waals surface area contributed by atoms with Gasteiger partial charge in [-0.05, 0) is 0 Å². The van der Waals surface area contributed by atoms with Gasteiger partial charge in [-0.15, -0.1) is 0 Å². The Kier molecular flexibility index (Phi) is 4.52. The van der Waals surface area contributed by atoms with Crippen molar-refractivity contribution in [2.45, 2.75) is 6.10 Å². The Labute approximate surface area is 83.8 Å². The fraction of sp³-hybridized carbons (Fsp3) is 0.750. The number of quaternary nitrogens is 1. The van der Waals surface area contributed by atoms with Crippen LogP contribution in [-0.2, 0) is 4.79 Å². The van der Waals surface area contributed by atoms with E-state index in [9.17, 15) is 9.90 Å². The van der Waals surface area contributed by atoms with Gasteiger partial charge in [0.15, 0.2) is 17.8 Å². The molecule has 0 heterocycles. The molecule has 6 heteroatoms. The summed E-state index contributed by atoms with van der Waals surface area (Å²) < 4.78 is 0.509. The highest BCUT2D eigenvalue weighted by Crippen LogP contribution is 1.96. The maximum atomic E-state index is 11.2. The zero-order valence-corrected chi connectivity index (χ0v) is 8.90. The standard InChI is InChI=1S/C8H19N4O2/c1-12(2,3)5-7(14)6(13)4-11-8(9)10/h7,14H,4-5H2,1-3H3,(H4,9,10,11)/q+1. The second kappa shape index (κ2) is 4.92. The molecule has 0 fully saturated rings. The highest BCUT2D eigenvalue weighted by atomic mass is 16.3. The summed E-state index contributed by atoms with van der Waals surface area (Å²) in [6.45, 7) is 0.183. The molecular formula is C8H19N4O2+. The van der Waals surface area contributed by atoms with Gasteiger partial charge in [0, 0.05) is 0 Å². The van der Waals surface area contributed by atoms with Crippen LogP contribution in [0.2, 0.25) is 0 Å². The molecule has 6 nitrogen and oxygen atoms in total. The normalized spacial score (nSPS) is 13.4. The molecule has 0 aliphatic rings. The zero-order chi connectivity index (χ0) is 11.4. The van der Waals surface area contributed by atoms with E-state index in [0.717, 1.165) is 0 Å². The van der Waals surface area contributed by atoms with Crippen LogP contribution >= 0.6 is 0 Å². The van der Waals surface area contributed by atoms with Crippen molar-refractivity contribution in [3.8, 4) is 0 Å². The number of Topliss-reactive ketones (excluding diaryl/α,β-unsaturated/α-hetero) is 1. The molecule has 0 amide bonds. The van der Waals surface area contributed by atoms with Crippen molar-refractivity contribution in [2.75, 3.05) is 34.2 Å². The molecule has 82 valence electrons. The number of carbonyl (C=O) groups excluding carboxylic acids is 1. The van der Waals surface area contributed by atoms with E-state index in [2.05, 4.69) is 4.99 Å². The maximum absolute atomic E-state index is 11.2. The molecule has 14 heavy (non-hydrogen) atoms. The summed E-state index contributed by atoms with van der Waals surface area (Å²) in [6, 6.07) is 0. The Hall–Kier alpha value is -1.14. The SMILES string of the molecule is C[N+](C)(C)CC(O)C(=O)CN=C(N)N. The number of rotatable bonds is 5. The minimum Gasteiger partial charge on any atom is -0.379 e. The average Bonchev–Trinajstić information content (AvgIpc) is 1.96. The van der Waals surface area contributed by atoms with E-state index in [1.807, 2.05) is 21.1 Å². The van der Waals surface area contributed by atoms with Gasteiger partial charge < -0.3 is 21.1 Å². The minimum absolute atomic E-state index is 0.143. The number of likely N-dealkylation sites (N-methyl/N-ethyl adjacent to an activating group) is 1. The maximum Gasteiger partial charge on any atom is 0.188 e. The first-order valence-corrected chi connectivity index (χ1v) is 4.29. The zero-order valence-electron chi connectivity index (χ0n) is 8.90. The van der Waals surface area contributed by atoms with Gasteiger partial charge in [-0.2, -0.15) is 0 Å². The smallest absolute Gasteiger partial charge is 0.188 e. The molecular weight excluding hydrogens is 184 g/mol. The van der Waals surface area contributed by atoms with Crippen molar-refractivity contribution < 1.29 is 14.4 Å². The minimum atomic E-state index is -1.02. The lowest BCUT2D eigenvalue weighted by Crippen LogP contribution is -2.45. The van der Waals surface area contributed by atoms with Gasteiger partial charge >= 0.3 is 0 Å². The largest absolute Gasteiger partial charge is 0.379 e. The molecule has 0 aliphatic heterocycles. The fourth-order valence-electron chi connectivity index (χ4n) is 0.895. The van der Waals surface area contributed by atoms with E-state index in [-0.39, 0.29) is 18.3 Å². The molecule has 0 saturated heterocycles. The molecule has 0 aromatic carbocycles. The number of nitrogens with two attached hydrogens (primary N) is 2. The van der Waals surface area contributed by atoms with E-state index in [1.54, 1.807) is 0 Å². The summed E-state index contributed by atoms with van der Waals surface area (Å²) in [7, 11) is 5.66. The van der Waals surface area contributed by atoms with Crippen LogP contribution in [0.3, 0.4) is 0 Å². The van der Waals surface area contributed by atoms with Gasteiger partial charge in [-0.25, -0.2) is 4.99 Å². The van der Waals surface area contributed by atoms with Crippen LogP contribution in [0.5, 0.6) is 0 Å². The third kappa shape index (κ3) is 6.38. The van der Waals surface area contributed by atoms with Crippen LogP contribution < -0.4 is 11.5 Å². The Morgan fingerprint density at radius 1 is 1.43 bits per heavy atom. The van der Waals surface area contributed by atoms with Crippen LogP contribution in [-0.4, -0.2) is 61.7 Å². The quantitative estimate of drug-likeness (QED) is 0.270. The summed E-state index contributed by atoms with van der Waals surface area (Å²) in [5.74, 6) is -0.512. The number of hydrogen-bond acceptors (Lipinski definition) is 3. The highest BCUT2D eigenvalue weighted by Gasteiger charge is 2.21. The molecule has 0 aliphatic carbocycles. The number of hydrogen-bond donors (Lipinski definition) is 3. The Balaban J connectivity index is 4.07. The van der Waals surface area contributed by atoms with Crippen molar-refractivity contribution in [3.63, 3.8) is 0 Å². The van der Waals surface area contributed by atoms with Crippen LogP contribution in [0.1, 0.15) is 0 Å². The highest BCUT2D eigenvalue weighted by molar-refractivity contribution is 5.87. The van der Waals surface area contributed by atoms with Gasteiger partial charge in [0.2, 0.25) is 0 Å². The van der Waals surface area contributed by atoms with Crippen LogP contribution in [0.25, 0.3) is 0 Å². The molecule has 0 bridgehead atoms. The summed E-state index contributed by atoms with van der Waals surface area (Å²) in [5.41, 5.74) is 10.1. The van der Waals surface area contributed by atoms with E-state index < -0.39 is 6.10 Å². The fourth-order valence-corrected chi connectivity index (χ4v) is 0.895. The predicted molar refractivity (Wildman–Crippen MR) is 54.6 cm³/mol. The van der Waals surface area contributed by atoms with E-state index in [4.69, 9.17) is 11.5 Å². The van der Waals surface area contributed by atoms with Gasteiger partial charge in [-0.1, -0.05) is 0 Å². The molecule has 0 spiro atoms. The average molecular weight is 203 g/mol. The van der Waals surface area contributed by atoms with Crippen LogP contribution in [0.15, 0.2) is 4.99 Å². The van der Waals surface area contributed by atoms with Crippen molar-refractivity contribution >= 4 is 11.7 Å². The first-order chi connectivity index (χ1) is 6.22. The summed E-state index contributed by atoms with van der Waals surface area (Å²) in [4.78, 5) is 14.8. The number of ketones is 1. The lowest BCUT2D eigenvalue weighted by atomic mass is 10.2. The molecule has 1 atom stereocenters. The Morgan fingerprint density at radius 2 is 1.93 bits per heavy atom. The van der Waals surface area contributed by atoms with Gasteiger partial charge in [-0.3, -0.25) is 4.79 Å². The molecule has 1 unspecified atom stereocenters. The monoisotopic (exact) mass is 203 g/mol. The third-order valence-electron chi connectivity index (χ3n) is 1.51. The third-order valence-corrected chi connectivity index (χ3v) is 1.51. The topological polar surface area (TPSA) is 102 Å². The van der Waals surface area contributed by atoms with Crippen molar-refractivity contribution in [3.05, 3.63) is 0 Å². The first-order valence-electron chi connectivity index (χ1n) is 4.29. The number of guanidine groups is 1. The number of carbonyl (C=O) groups is 1. The summed E-state index contributed by atoms with van der Waals surface area (Å²) in [5, 5.41) is 9.45. The van der Waals surface area contributed by atoms with Crippen LogP contribution in [0, 0.1) is 0 Å². The molecule has 0 saturated carbocycles. The van der Waals surface area contributed by atoms with Gasteiger partial charge in [0.1, 0.15) is 13.1 Å². The number of nitrogens with zero attached hydrogens (tertiary/aromatic N) is 2. The predicted octanol–water partition coefficient (Wildman–Crippen LogP) is -2.10. The Bertz CT molecular complexity index is 228. The summed E-state index contributed by atoms with van der Waals surface area (Å²) >= 11 is 0. The Morgan fingerprint density at radius 3 is 2.29 bits per heavy atom. The van der Waals surface area contributed by atoms with Crippen molar-refractivity contribution in [2.24, 2.45) is 16.5 Å². The number of aliphatic hydroxyl groups excluding tert-OH is 1. The number of aliphatic hydroxyl groups is 1. The summed E-state index contributed by atoms with van der Waals surface area (Å²) in [6.07, 6.45) is -1.02. The van der Waals surface area contributed by atoms with E-state index in [0.29, 0.717) is 11.0 Å². The van der Waals surface area contributed by atoms with Crippen molar-refractivity contribution in [1.29, 1.82) is 0 Å². The van der Waals surface area contributed by atoms with Crippen LogP contribution in [0.4, 0.5) is 0 Å². The molecule has 0 aromatic heterocycles. The molecule has 0 aromatic rings. The number of aliphatic imine (C=N–C) groups is 1. The molecule has 0 rings (SSSR count).